The van der Waals surface area contributed by atoms with Gasteiger partial charge >= 0.3 is 12.3 Å². The van der Waals surface area contributed by atoms with E-state index in [0.29, 0.717) is 0 Å². The maximum absolute atomic E-state index is 12.8. The highest BCUT2D eigenvalue weighted by Gasteiger charge is 2.42. The van der Waals surface area contributed by atoms with E-state index in [1.54, 1.807) is 20.8 Å². The number of rotatable bonds is 4. The van der Waals surface area contributed by atoms with Gasteiger partial charge in [-0.05, 0) is 6.92 Å². The van der Waals surface area contributed by atoms with Crippen molar-refractivity contribution >= 4 is 11.6 Å². The summed E-state index contributed by atoms with van der Waals surface area (Å²) in [6.45, 7) is 5.38. The smallest absolute Gasteiger partial charge is 0.340 e. The molecule has 0 amide bonds. The quantitative estimate of drug-likeness (QED) is 0.622. The first-order valence-electron chi connectivity index (χ1n) is 5.78. The molecule has 1 aromatic heterocycles. The Balaban J connectivity index is 3.04. The summed E-state index contributed by atoms with van der Waals surface area (Å²) >= 11 is 5.87. The van der Waals surface area contributed by atoms with Crippen molar-refractivity contribution in [1.29, 1.82) is 0 Å². The summed E-state index contributed by atoms with van der Waals surface area (Å²) in [5.74, 6) is -4.18. The van der Waals surface area contributed by atoms with Gasteiger partial charge < -0.3 is 4.74 Å². The van der Waals surface area contributed by atoms with Crippen LogP contribution in [0.3, 0.4) is 0 Å². The molecule has 0 atom stereocenters. The van der Waals surface area contributed by atoms with Gasteiger partial charge in [0.15, 0.2) is 6.61 Å². The molecule has 0 saturated carbocycles. The number of ether oxygens (including phenoxy) is 1. The summed E-state index contributed by atoms with van der Waals surface area (Å²) in [6.07, 6.45) is -3.80. The molecular weight excluding hydrogens is 300 g/mol. The van der Waals surface area contributed by atoms with Crippen molar-refractivity contribution in [3.8, 4) is 5.88 Å². The van der Waals surface area contributed by atoms with Crippen LogP contribution < -0.4 is 4.74 Å². The molecule has 0 radical (unpaired) electrons. The maximum Gasteiger partial charge on any atom is 0.340 e. The normalized spacial score (nSPS) is 12.9. The van der Waals surface area contributed by atoms with Crippen LogP contribution in [0.25, 0.3) is 0 Å². The van der Waals surface area contributed by atoms with Crippen LogP contribution >= 0.6 is 11.6 Å². The van der Waals surface area contributed by atoms with E-state index in [2.05, 4.69) is 9.97 Å². The third-order valence-electron chi connectivity index (χ3n) is 2.43. The van der Waals surface area contributed by atoms with Crippen molar-refractivity contribution in [3.63, 3.8) is 0 Å². The summed E-state index contributed by atoms with van der Waals surface area (Å²) in [5.41, 5.74) is -0.259. The SMILES string of the molecule is Cc1c(Cl)nc(C(C)(C)C)nc1OCC(F)(F)C(F)F. The van der Waals surface area contributed by atoms with Crippen molar-refractivity contribution in [2.75, 3.05) is 6.61 Å². The van der Waals surface area contributed by atoms with E-state index in [4.69, 9.17) is 16.3 Å². The summed E-state index contributed by atoms with van der Waals surface area (Å²) in [7, 11) is 0. The molecule has 1 heterocycles. The zero-order valence-electron chi connectivity index (χ0n) is 11.5. The molecule has 0 aliphatic heterocycles. The predicted molar refractivity (Wildman–Crippen MR) is 66.9 cm³/mol. The number of hydrogen-bond donors (Lipinski definition) is 0. The van der Waals surface area contributed by atoms with Crippen molar-refractivity contribution in [3.05, 3.63) is 16.5 Å². The van der Waals surface area contributed by atoms with Crippen LogP contribution in [0.4, 0.5) is 17.6 Å². The monoisotopic (exact) mass is 314 g/mol. The lowest BCUT2D eigenvalue weighted by atomic mass is 9.96. The molecule has 20 heavy (non-hydrogen) atoms. The van der Waals surface area contributed by atoms with Gasteiger partial charge in [-0.1, -0.05) is 32.4 Å². The molecular formula is C12H15ClF4N2O. The largest absolute Gasteiger partial charge is 0.471 e. The highest BCUT2D eigenvalue weighted by molar-refractivity contribution is 6.30. The lowest BCUT2D eigenvalue weighted by molar-refractivity contribution is -0.148. The molecule has 1 rings (SSSR count). The van der Waals surface area contributed by atoms with E-state index in [0.717, 1.165) is 0 Å². The van der Waals surface area contributed by atoms with Gasteiger partial charge in [0.05, 0.1) is 0 Å². The summed E-state index contributed by atoms with van der Waals surface area (Å²) < 4.78 is 54.6. The average Bonchev–Trinajstić information content (AvgIpc) is 2.29. The van der Waals surface area contributed by atoms with Gasteiger partial charge in [-0.3, -0.25) is 0 Å². The molecule has 8 heteroatoms. The molecule has 0 unspecified atom stereocenters. The molecule has 0 fully saturated rings. The molecule has 1 aromatic rings. The van der Waals surface area contributed by atoms with E-state index >= 15 is 0 Å². The first kappa shape index (κ1) is 16.9. The average molecular weight is 315 g/mol. The maximum atomic E-state index is 12.8. The second-order valence-electron chi connectivity index (χ2n) is 5.37. The fraction of sp³-hybridized carbons (Fsp3) is 0.667. The molecule has 0 aliphatic carbocycles. The Kier molecular flexibility index (Phi) is 4.84. The number of nitrogens with zero attached hydrogens (tertiary/aromatic N) is 2. The molecule has 0 spiro atoms. The second-order valence-corrected chi connectivity index (χ2v) is 5.73. The Bertz CT molecular complexity index is 489. The van der Waals surface area contributed by atoms with Crippen LogP contribution in [-0.4, -0.2) is 28.9 Å². The van der Waals surface area contributed by atoms with E-state index in [9.17, 15) is 17.6 Å². The third-order valence-corrected chi connectivity index (χ3v) is 2.80. The van der Waals surface area contributed by atoms with E-state index in [-0.39, 0.29) is 22.4 Å². The van der Waals surface area contributed by atoms with Crippen LogP contribution in [0, 0.1) is 6.92 Å². The number of hydrogen-bond acceptors (Lipinski definition) is 3. The van der Waals surface area contributed by atoms with Gasteiger partial charge in [0.25, 0.3) is 0 Å². The van der Waals surface area contributed by atoms with Crippen LogP contribution in [0.15, 0.2) is 0 Å². The Morgan fingerprint density at radius 3 is 2.20 bits per heavy atom. The standard InChI is InChI=1S/C12H15ClF4N2O/c1-6-7(13)18-10(11(2,3)4)19-8(6)20-5-12(16,17)9(14)15/h9H,5H2,1-4H3. The number of halogens is 5. The van der Waals surface area contributed by atoms with Gasteiger partial charge in [0.2, 0.25) is 5.88 Å². The summed E-state index contributed by atoms with van der Waals surface area (Å²) in [6, 6.07) is 0. The van der Waals surface area contributed by atoms with Crippen molar-refractivity contribution in [2.45, 2.75) is 45.5 Å². The predicted octanol–water partition coefficient (Wildman–Crippen LogP) is 4.02. The number of aromatic nitrogens is 2. The van der Waals surface area contributed by atoms with Crippen molar-refractivity contribution in [1.82, 2.24) is 9.97 Å². The first-order chi connectivity index (χ1) is 8.95. The molecule has 0 aromatic carbocycles. The Hall–Kier alpha value is -1.11. The van der Waals surface area contributed by atoms with Gasteiger partial charge in [0.1, 0.15) is 11.0 Å². The fourth-order valence-corrected chi connectivity index (χ4v) is 1.33. The highest BCUT2D eigenvalue weighted by atomic mass is 35.5. The molecule has 0 bridgehead atoms. The fourth-order valence-electron chi connectivity index (χ4n) is 1.17. The van der Waals surface area contributed by atoms with Gasteiger partial charge in [-0.2, -0.15) is 13.8 Å². The summed E-state index contributed by atoms with van der Waals surface area (Å²) in [5, 5.41) is 0.0419. The van der Waals surface area contributed by atoms with Crippen molar-refractivity contribution < 1.29 is 22.3 Å². The summed E-state index contributed by atoms with van der Waals surface area (Å²) in [4.78, 5) is 7.99. The minimum Gasteiger partial charge on any atom is -0.471 e. The molecule has 114 valence electrons. The zero-order chi connectivity index (χ0) is 15.7. The van der Waals surface area contributed by atoms with Crippen LogP contribution in [0.5, 0.6) is 5.88 Å². The first-order valence-corrected chi connectivity index (χ1v) is 6.16. The highest BCUT2D eigenvalue weighted by Crippen LogP contribution is 2.29. The second kappa shape index (κ2) is 5.71. The van der Waals surface area contributed by atoms with E-state index in [1.165, 1.54) is 6.92 Å². The van der Waals surface area contributed by atoms with Crippen molar-refractivity contribution in [2.24, 2.45) is 0 Å². The zero-order valence-corrected chi connectivity index (χ0v) is 12.2. The molecule has 0 N–H and O–H groups in total. The van der Waals surface area contributed by atoms with E-state index < -0.39 is 24.4 Å². The van der Waals surface area contributed by atoms with Crippen LogP contribution in [0.1, 0.15) is 32.2 Å². The minimum atomic E-state index is -4.24. The van der Waals surface area contributed by atoms with Gasteiger partial charge in [-0.15, -0.1) is 0 Å². The molecule has 0 saturated heterocycles. The lowest BCUT2D eigenvalue weighted by Crippen LogP contribution is -2.34. The third kappa shape index (κ3) is 3.94. The lowest BCUT2D eigenvalue weighted by Gasteiger charge is -2.20. The molecule has 3 nitrogen and oxygen atoms in total. The number of alkyl halides is 4. The van der Waals surface area contributed by atoms with Gasteiger partial charge in [-0.25, -0.2) is 13.8 Å². The Morgan fingerprint density at radius 2 is 1.75 bits per heavy atom. The Morgan fingerprint density at radius 1 is 1.20 bits per heavy atom. The minimum absolute atomic E-state index is 0.0419. The van der Waals surface area contributed by atoms with Crippen LogP contribution in [0.2, 0.25) is 5.15 Å². The van der Waals surface area contributed by atoms with Crippen LogP contribution in [-0.2, 0) is 5.41 Å². The topological polar surface area (TPSA) is 35.0 Å². The molecule has 0 aliphatic rings. The Labute approximate surface area is 119 Å². The van der Waals surface area contributed by atoms with E-state index in [1.807, 2.05) is 0 Å². The van der Waals surface area contributed by atoms with Gasteiger partial charge in [0, 0.05) is 11.0 Å².